The summed E-state index contributed by atoms with van der Waals surface area (Å²) in [6, 6.07) is 3.86. The number of hydrogen-bond donors (Lipinski definition) is 2. The Labute approximate surface area is 118 Å². The van der Waals surface area contributed by atoms with Crippen LogP contribution in [0.25, 0.3) is 0 Å². The fourth-order valence-corrected chi connectivity index (χ4v) is 1.60. The van der Waals surface area contributed by atoms with E-state index in [2.05, 4.69) is 41.5 Å². The molecule has 0 fully saturated rings. The second-order valence-electron chi connectivity index (χ2n) is 3.39. The van der Waals surface area contributed by atoms with Gasteiger partial charge >= 0.3 is 0 Å². The zero-order valence-corrected chi connectivity index (χ0v) is 11.7. The van der Waals surface area contributed by atoms with Crippen molar-refractivity contribution in [2.75, 3.05) is 5.32 Å². The van der Waals surface area contributed by atoms with Gasteiger partial charge in [-0.1, -0.05) is 6.07 Å². The second-order valence-corrected chi connectivity index (χ2v) is 4.61. The monoisotopic (exact) mass is 323 g/mol. The van der Waals surface area contributed by atoms with E-state index in [1.165, 1.54) is 0 Å². The number of pyridine rings is 1. The number of hydrogen-bond acceptors (Lipinski definition) is 4. The van der Waals surface area contributed by atoms with Gasteiger partial charge in [0.1, 0.15) is 4.60 Å². The van der Waals surface area contributed by atoms with E-state index in [1.807, 2.05) is 12.1 Å². The van der Waals surface area contributed by atoms with E-state index in [4.69, 9.17) is 12.2 Å². The normalized spacial score (nSPS) is 9.83. The third-order valence-corrected chi connectivity index (χ3v) is 2.69. The van der Waals surface area contributed by atoms with Crippen LogP contribution in [-0.4, -0.2) is 20.1 Å². The molecule has 0 saturated heterocycles. The molecule has 0 spiro atoms. The molecule has 0 amide bonds. The highest BCUT2D eigenvalue weighted by Crippen LogP contribution is 2.06. The maximum absolute atomic E-state index is 5.15. The zero-order chi connectivity index (χ0) is 12.8. The van der Waals surface area contributed by atoms with Crippen molar-refractivity contribution < 1.29 is 0 Å². The fourth-order valence-electron chi connectivity index (χ4n) is 1.22. The Bertz CT molecular complexity index is 517. The van der Waals surface area contributed by atoms with Crippen molar-refractivity contribution in [3.63, 3.8) is 0 Å². The third-order valence-electron chi connectivity index (χ3n) is 2.04. The lowest BCUT2D eigenvalue weighted by Gasteiger charge is -2.09. The molecular weight excluding hydrogens is 314 g/mol. The van der Waals surface area contributed by atoms with Crippen LogP contribution in [-0.2, 0) is 6.54 Å². The Kier molecular flexibility index (Phi) is 4.54. The first-order valence-corrected chi connectivity index (χ1v) is 6.35. The van der Waals surface area contributed by atoms with Crippen molar-refractivity contribution in [1.82, 2.24) is 20.3 Å². The Balaban J connectivity index is 1.84. The number of halogens is 1. The van der Waals surface area contributed by atoms with Crippen molar-refractivity contribution in [2.24, 2.45) is 0 Å². The molecule has 0 aliphatic heterocycles. The van der Waals surface area contributed by atoms with Gasteiger partial charge in [-0.2, -0.15) is 0 Å². The van der Waals surface area contributed by atoms with E-state index in [0.717, 1.165) is 5.56 Å². The molecule has 2 heterocycles. The molecule has 18 heavy (non-hydrogen) atoms. The number of anilines is 1. The van der Waals surface area contributed by atoms with Crippen LogP contribution in [0.3, 0.4) is 0 Å². The van der Waals surface area contributed by atoms with Crippen LogP contribution in [0.4, 0.5) is 5.82 Å². The van der Waals surface area contributed by atoms with Crippen LogP contribution in [0.2, 0.25) is 0 Å². The van der Waals surface area contributed by atoms with E-state index < -0.39 is 0 Å². The molecular formula is C11H10BrN5S. The number of nitrogens with zero attached hydrogens (tertiary/aromatic N) is 3. The van der Waals surface area contributed by atoms with E-state index in [1.54, 1.807) is 24.8 Å². The van der Waals surface area contributed by atoms with Crippen LogP contribution >= 0.6 is 28.1 Å². The first-order chi connectivity index (χ1) is 8.74. The molecule has 92 valence electrons. The van der Waals surface area contributed by atoms with Gasteiger partial charge in [-0.3, -0.25) is 4.98 Å². The molecule has 0 aromatic carbocycles. The smallest absolute Gasteiger partial charge is 0.172 e. The molecule has 2 aromatic heterocycles. The Morgan fingerprint density at radius 3 is 2.83 bits per heavy atom. The van der Waals surface area contributed by atoms with Gasteiger partial charge in [0.15, 0.2) is 10.9 Å². The van der Waals surface area contributed by atoms with Crippen LogP contribution in [0.1, 0.15) is 5.56 Å². The van der Waals surface area contributed by atoms with Crippen molar-refractivity contribution >= 4 is 39.1 Å². The summed E-state index contributed by atoms with van der Waals surface area (Å²) >= 11 is 8.36. The van der Waals surface area contributed by atoms with Gasteiger partial charge in [-0.25, -0.2) is 9.97 Å². The van der Waals surface area contributed by atoms with Crippen molar-refractivity contribution in [1.29, 1.82) is 0 Å². The van der Waals surface area contributed by atoms with Gasteiger partial charge in [-0.05, 0) is 39.8 Å². The second kappa shape index (κ2) is 6.36. The highest BCUT2D eigenvalue weighted by molar-refractivity contribution is 9.10. The SMILES string of the molecule is S=C(NCc1cccnc1)Nc1cnc(Br)cn1. The van der Waals surface area contributed by atoms with Gasteiger partial charge in [0, 0.05) is 18.9 Å². The Morgan fingerprint density at radius 2 is 2.17 bits per heavy atom. The molecule has 5 nitrogen and oxygen atoms in total. The topological polar surface area (TPSA) is 62.7 Å². The lowest BCUT2D eigenvalue weighted by atomic mass is 10.3. The highest BCUT2D eigenvalue weighted by atomic mass is 79.9. The predicted octanol–water partition coefficient (Wildman–Crippen LogP) is 2.12. The maximum atomic E-state index is 5.15. The Hall–Kier alpha value is -1.60. The van der Waals surface area contributed by atoms with Crippen molar-refractivity contribution in [3.05, 3.63) is 47.1 Å². The molecule has 0 aliphatic rings. The molecule has 2 aromatic rings. The van der Waals surface area contributed by atoms with Crippen LogP contribution in [0.15, 0.2) is 41.5 Å². The molecule has 0 radical (unpaired) electrons. The van der Waals surface area contributed by atoms with E-state index in [-0.39, 0.29) is 0 Å². The number of nitrogens with one attached hydrogen (secondary N) is 2. The van der Waals surface area contributed by atoms with E-state index in [0.29, 0.717) is 22.1 Å². The molecule has 7 heteroatoms. The lowest BCUT2D eigenvalue weighted by Crippen LogP contribution is -2.28. The lowest BCUT2D eigenvalue weighted by molar-refractivity contribution is 0.915. The molecule has 0 saturated carbocycles. The summed E-state index contributed by atoms with van der Waals surface area (Å²) in [5, 5.41) is 6.50. The average molecular weight is 324 g/mol. The Morgan fingerprint density at radius 1 is 1.28 bits per heavy atom. The van der Waals surface area contributed by atoms with Crippen molar-refractivity contribution in [2.45, 2.75) is 6.54 Å². The summed E-state index contributed by atoms with van der Waals surface area (Å²) in [6.07, 6.45) is 6.72. The fraction of sp³-hybridized carbons (Fsp3) is 0.0909. The predicted molar refractivity (Wildman–Crippen MR) is 77.0 cm³/mol. The summed E-state index contributed by atoms with van der Waals surface area (Å²) in [7, 11) is 0. The number of rotatable bonds is 3. The largest absolute Gasteiger partial charge is 0.358 e. The van der Waals surface area contributed by atoms with Gasteiger partial charge in [0.05, 0.1) is 12.4 Å². The van der Waals surface area contributed by atoms with E-state index >= 15 is 0 Å². The molecule has 0 bridgehead atoms. The van der Waals surface area contributed by atoms with Gasteiger partial charge in [0.2, 0.25) is 0 Å². The summed E-state index contributed by atoms with van der Waals surface area (Å²) in [4.78, 5) is 12.2. The summed E-state index contributed by atoms with van der Waals surface area (Å²) < 4.78 is 0.683. The molecule has 0 atom stereocenters. The summed E-state index contributed by atoms with van der Waals surface area (Å²) in [5.74, 6) is 0.599. The zero-order valence-electron chi connectivity index (χ0n) is 9.30. The van der Waals surface area contributed by atoms with Crippen LogP contribution < -0.4 is 10.6 Å². The molecule has 2 N–H and O–H groups in total. The summed E-state index contributed by atoms with van der Waals surface area (Å²) in [6.45, 7) is 0.615. The first kappa shape index (κ1) is 12.8. The first-order valence-electron chi connectivity index (χ1n) is 5.15. The van der Waals surface area contributed by atoms with Gasteiger partial charge in [0.25, 0.3) is 0 Å². The highest BCUT2D eigenvalue weighted by Gasteiger charge is 1.99. The quantitative estimate of drug-likeness (QED) is 0.844. The minimum Gasteiger partial charge on any atom is -0.358 e. The van der Waals surface area contributed by atoms with Gasteiger partial charge in [-0.15, -0.1) is 0 Å². The minimum absolute atomic E-state index is 0.496. The molecule has 2 rings (SSSR count). The number of thiocarbonyl (C=S) groups is 1. The minimum atomic E-state index is 0.496. The summed E-state index contributed by atoms with van der Waals surface area (Å²) in [5.41, 5.74) is 1.06. The van der Waals surface area contributed by atoms with Crippen LogP contribution in [0.5, 0.6) is 0 Å². The van der Waals surface area contributed by atoms with E-state index in [9.17, 15) is 0 Å². The molecule has 0 aliphatic carbocycles. The van der Waals surface area contributed by atoms with Crippen molar-refractivity contribution in [3.8, 4) is 0 Å². The maximum Gasteiger partial charge on any atom is 0.172 e. The number of aromatic nitrogens is 3. The average Bonchev–Trinajstić information content (AvgIpc) is 2.40. The third kappa shape index (κ3) is 4.01. The standard InChI is InChI=1S/C11H10BrN5S/c12-9-6-15-10(7-14-9)17-11(18)16-5-8-2-1-3-13-4-8/h1-4,6-7H,5H2,(H2,15,16,17,18). The molecule has 0 unspecified atom stereocenters. The van der Waals surface area contributed by atoms with Crippen LogP contribution in [0, 0.1) is 0 Å². The van der Waals surface area contributed by atoms with Gasteiger partial charge < -0.3 is 10.6 Å².